The standard InChI is InChI=1S/C16H28N2OS/c1-13(2)17-10-15-7-8-16(20-15)12-19-11-14-6-4-5-9-18(14)3/h7-8,13-14,17H,4-6,9-12H2,1-3H3. The quantitative estimate of drug-likeness (QED) is 0.836. The number of nitrogens with one attached hydrogen (secondary N) is 1. The Morgan fingerprint density at radius 1 is 1.35 bits per heavy atom. The van der Waals surface area contributed by atoms with E-state index in [1.807, 2.05) is 11.3 Å². The van der Waals surface area contributed by atoms with Crippen LogP contribution in [-0.2, 0) is 17.9 Å². The van der Waals surface area contributed by atoms with Crippen molar-refractivity contribution >= 4 is 11.3 Å². The minimum Gasteiger partial charge on any atom is -0.374 e. The highest BCUT2D eigenvalue weighted by atomic mass is 32.1. The Labute approximate surface area is 127 Å². The molecule has 2 rings (SSSR count). The number of rotatable bonds is 7. The Morgan fingerprint density at radius 3 is 2.90 bits per heavy atom. The summed E-state index contributed by atoms with van der Waals surface area (Å²) in [5.74, 6) is 0. The lowest BCUT2D eigenvalue weighted by Crippen LogP contribution is -2.39. The monoisotopic (exact) mass is 296 g/mol. The zero-order valence-corrected chi connectivity index (χ0v) is 13.8. The molecule has 114 valence electrons. The van der Waals surface area contributed by atoms with Crippen LogP contribution in [0.4, 0.5) is 0 Å². The maximum absolute atomic E-state index is 5.92. The first-order valence-electron chi connectivity index (χ1n) is 7.74. The van der Waals surface area contributed by atoms with E-state index in [1.54, 1.807) is 0 Å². The maximum atomic E-state index is 5.92. The van der Waals surface area contributed by atoms with E-state index in [2.05, 4.69) is 43.2 Å². The smallest absolute Gasteiger partial charge is 0.0810 e. The molecule has 1 aromatic heterocycles. The lowest BCUT2D eigenvalue weighted by molar-refractivity contribution is 0.0455. The predicted molar refractivity (Wildman–Crippen MR) is 86.2 cm³/mol. The molecule has 1 atom stereocenters. The molecule has 0 radical (unpaired) electrons. The summed E-state index contributed by atoms with van der Waals surface area (Å²) in [6.45, 7) is 8.17. The third-order valence-corrected chi connectivity index (χ3v) is 4.94. The fraction of sp³-hybridized carbons (Fsp3) is 0.750. The number of thiophene rings is 1. The maximum Gasteiger partial charge on any atom is 0.0810 e. The fourth-order valence-electron chi connectivity index (χ4n) is 2.55. The number of ether oxygens (including phenoxy) is 1. The van der Waals surface area contributed by atoms with Gasteiger partial charge in [0.05, 0.1) is 13.2 Å². The Morgan fingerprint density at radius 2 is 2.15 bits per heavy atom. The van der Waals surface area contributed by atoms with Crippen LogP contribution >= 0.6 is 11.3 Å². The highest BCUT2D eigenvalue weighted by Gasteiger charge is 2.18. The molecule has 0 amide bonds. The summed E-state index contributed by atoms with van der Waals surface area (Å²) in [6.07, 6.45) is 3.97. The van der Waals surface area contributed by atoms with Crippen molar-refractivity contribution < 1.29 is 4.74 Å². The van der Waals surface area contributed by atoms with E-state index in [0.29, 0.717) is 12.1 Å². The molecule has 1 unspecified atom stereocenters. The average molecular weight is 296 g/mol. The first-order valence-corrected chi connectivity index (χ1v) is 8.55. The average Bonchev–Trinajstić information content (AvgIpc) is 2.87. The van der Waals surface area contributed by atoms with E-state index in [-0.39, 0.29) is 0 Å². The van der Waals surface area contributed by atoms with Gasteiger partial charge < -0.3 is 15.0 Å². The van der Waals surface area contributed by atoms with Gasteiger partial charge in [0.25, 0.3) is 0 Å². The second-order valence-corrected chi connectivity index (χ2v) is 7.30. The molecule has 1 aromatic rings. The summed E-state index contributed by atoms with van der Waals surface area (Å²) in [5.41, 5.74) is 0. The minimum atomic E-state index is 0.540. The Bertz CT molecular complexity index is 392. The predicted octanol–water partition coefficient (Wildman–Crippen LogP) is 3.25. The van der Waals surface area contributed by atoms with E-state index in [1.165, 1.54) is 35.6 Å². The molecular weight excluding hydrogens is 268 g/mol. The molecule has 0 saturated carbocycles. The van der Waals surface area contributed by atoms with Gasteiger partial charge in [-0.2, -0.15) is 0 Å². The van der Waals surface area contributed by atoms with Gasteiger partial charge in [-0.05, 0) is 38.6 Å². The molecule has 3 nitrogen and oxygen atoms in total. The molecule has 4 heteroatoms. The molecule has 1 saturated heterocycles. The third-order valence-electron chi connectivity index (χ3n) is 3.88. The summed E-state index contributed by atoms with van der Waals surface area (Å²) >= 11 is 1.86. The van der Waals surface area contributed by atoms with Crippen LogP contribution in [0.25, 0.3) is 0 Å². The first kappa shape index (κ1) is 16.0. The van der Waals surface area contributed by atoms with Crippen molar-refractivity contribution in [3.63, 3.8) is 0 Å². The highest BCUT2D eigenvalue weighted by molar-refractivity contribution is 7.11. The number of hydrogen-bond donors (Lipinski definition) is 1. The van der Waals surface area contributed by atoms with Gasteiger partial charge in [0.2, 0.25) is 0 Å². The van der Waals surface area contributed by atoms with Crippen molar-refractivity contribution in [3.05, 3.63) is 21.9 Å². The van der Waals surface area contributed by atoms with Gasteiger partial charge in [0.1, 0.15) is 0 Å². The van der Waals surface area contributed by atoms with Crippen molar-refractivity contribution in [2.75, 3.05) is 20.2 Å². The van der Waals surface area contributed by atoms with Crippen molar-refractivity contribution in [1.82, 2.24) is 10.2 Å². The Kier molecular flexibility index (Phi) is 6.49. The van der Waals surface area contributed by atoms with Crippen LogP contribution in [0.1, 0.15) is 42.9 Å². The molecule has 20 heavy (non-hydrogen) atoms. The van der Waals surface area contributed by atoms with Gasteiger partial charge in [0, 0.05) is 28.4 Å². The Hall–Kier alpha value is -0.420. The van der Waals surface area contributed by atoms with Gasteiger partial charge in [-0.3, -0.25) is 0 Å². The summed E-state index contributed by atoms with van der Waals surface area (Å²) in [4.78, 5) is 5.17. The molecule has 0 aliphatic carbocycles. The summed E-state index contributed by atoms with van der Waals surface area (Å²) in [6, 6.07) is 5.57. The second-order valence-electron chi connectivity index (χ2n) is 6.05. The zero-order valence-electron chi connectivity index (χ0n) is 13.0. The summed E-state index contributed by atoms with van der Waals surface area (Å²) < 4.78 is 5.92. The number of likely N-dealkylation sites (tertiary alicyclic amines) is 1. The molecule has 1 aliphatic rings. The number of piperidine rings is 1. The molecule has 1 fully saturated rings. The number of nitrogens with zero attached hydrogens (tertiary/aromatic N) is 1. The van der Waals surface area contributed by atoms with Gasteiger partial charge >= 0.3 is 0 Å². The van der Waals surface area contributed by atoms with Crippen molar-refractivity contribution in [2.45, 2.75) is 58.3 Å². The van der Waals surface area contributed by atoms with Crippen LogP contribution in [0.15, 0.2) is 12.1 Å². The Balaban J connectivity index is 1.68. The van der Waals surface area contributed by atoms with Gasteiger partial charge in [-0.1, -0.05) is 20.3 Å². The van der Waals surface area contributed by atoms with E-state index >= 15 is 0 Å². The van der Waals surface area contributed by atoms with E-state index < -0.39 is 0 Å². The molecule has 0 spiro atoms. The highest BCUT2D eigenvalue weighted by Crippen LogP contribution is 2.19. The fourth-order valence-corrected chi connectivity index (χ4v) is 3.46. The van der Waals surface area contributed by atoms with E-state index in [4.69, 9.17) is 4.74 Å². The molecular formula is C16H28N2OS. The van der Waals surface area contributed by atoms with Crippen LogP contribution in [0, 0.1) is 0 Å². The summed E-state index contributed by atoms with van der Waals surface area (Å²) in [5, 5.41) is 3.45. The summed E-state index contributed by atoms with van der Waals surface area (Å²) in [7, 11) is 2.22. The van der Waals surface area contributed by atoms with Crippen molar-refractivity contribution in [1.29, 1.82) is 0 Å². The van der Waals surface area contributed by atoms with Gasteiger partial charge in [0.15, 0.2) is 0 Å². The molecule has 1 aliphatic heterocycles. The van der Waals surface area contributed by atoms with Crippen LogP contribution in [-0.4, -0.2) is 37.2 Å². The number of hydrogen-bond acceptors (Lipinski definition) is 4. The second kappa shape index (κ2) is 8.13. The van der Waals surface area contributed by atoms with Crippen LogP contribution in [0.3, 0.4) is 0 Å². The van der Waals surface area contributed by atoms with E-state index in [9.17, 15) is 0 Å². The zero-order chi connectivity index (χ0) is 14.4. The molecule has 2 heterocycles. The number of likely N-dealkylation sites (N-methyl/N-ethyl adjacent to an activating group) is 1. The van der Waals surface area contributed by atoms with Crippen LogP contribution in [0.5, 0.6) is 0 Å². The normalized spacial score (nSPS) is 20.7. The SMILES string of the molecule is CC(C)NCc1ccc(COCC2CCCCN2C)s1. The van der Waals surface area contributed by atoms with Gasteiger partial charge in [-0.15, -0.1) is 11.3 Å². The lowest BCUT2D eigenvalue weighted by Gasteiger charge is -2.32. The van der Waals surface area contributed by atoms with Gasteiger partial charge in [-0.25, -0.2) is 0 Å². The molecule has 0 aromatic carbocycles. The minimum absolute atomic E-state index is 0.540. The largest absolute Gasteiger partial charge is 0.374 e. The van der Waals surface area contributed by atoms with E-state index in [0.717, 1.165) is 19.8 Å². The molecule has 1 N–H and O–H groups in total. The van der Waals surface area contributed by atoms with Crippen molar-refractivity contribution in [2.24, 2.45) is 0 Å². The molecule has 0 bridgehead atoms. The van der Waals surface area contributed by atoms with Crippen LogP contribution < -0.4 is 5.32 Å². The van der Waals surface area contributed by atoms with Crippen LogP contribution in [0.2, 0.25) is 0 Å². The lowest BCUT2D eigenvalue weighted by atomic mass is 10.0. The first-order chi connectivity index (χ1) is 9.65. The topological polar surface area (TPSA) is 24.5 Å². The third kappa shape index (κ3) is 5.17. The van der Waals surface area contributed by atoms with Crippen molar-refractivity contribution in [3.8, 4) is 0 Å².